The number of hydrogen-bond acceptors (Lipinski definition) is 8. The lowest BCUT2D eigenvalue weighted by atomic mass is 10.1. The molecular weight excluding hydrogens is 600 g/mol. The molecule has 1 aromatic heterocycles. The molecule has 0 unspecified atom stereocenters. The van der Waals surface area contributed by atoms with Gasteiger partial charge in [-0.05, 0) is 68.1 Å². The van der Waals surface area contributed by atoms with Crippen LogP contribution in [0.1, 0.15) is 52.1 Å². The molecule has 3 amide bonds. The van der Waals surface area contributed by atoms with E-state index in [1.165, 1.54) is 0 Å². The second kappa shape index (κ2) is 14.8. The van der Waals surface area contributed by atoms with E-state index < -0.39 is 0 Å². The zero-order valence-corrected chi connectivity index (χ0v) is 27.0. The highest BCUT2D eigenvalue weighted by molar-refractivity contribution is 6.05. The quantitative estimate of drug-likeness (QED) is 0.280. The fourth-order valence-electron chi connectivity index (χ4n) is 6.08. The first-order valence-corrected chi connectivity index (χ1v) is 16.3. The number of rotatable bonds is 12. The lowest BCUT2D eigenvalue weighted by Crippen LogP contribution is -2.38. The van der Waals surface area contributed by atoms with Crippen LogP contribution in [0.2, 0.25) is 0 Å². The minimum absolute atomic E-state index is 0.0165. The number of ether oxygens (including phenoxy) is 3. The van der Waals surface area contributed by atoms with Crippen LogP contribution in [-0.4, -0.2) is 97.0 Å². The first kappa shape index (κ1) is 32.3. The SMILES string of the molecule is Cc1cc2c(cc1OCCCC(=O)Nc1cc(C(=O)Nc3ccc(OCCN4CCOCC4)cc3)n(C)c1)N=C[C@@H]1CCCN1C2=O. The molecule has 3 aliphatic rings. The van der Waals surface area contributed by atoms with Gasteiger partial charge in [0.1, 0.15) is 23.8 Å². The van der Waals surface area contributed by atoms with Gasteiger partial charge in [0.15, 0.2) is 0 Å². The van der Waals surface area contributed by atoms with Crippen LogP contribution in [0.5, 0.6) is 11.5 Å². The van der Waals surface area contributed by atoms with Gasteiger partial charge in [-0.15, -0.1) is 0 Å². The Morgan fingerprint density at radius 1 is 1.00 bits per heavy atom. The summed E-state index contributed by atoms with van der Waals surface area (Å²) in [4.78, 5) is 47.5. The number of carbonyl (C=O) groups excluding carboxylic acids is 3. The summed E-state index contributed by atoms with van der Waals surface area (Å²) < 4.78 is 18.9. The van der Waals surface area contributed by atoms with Crippen molar-refractivity contribution in [3.8, 4) is 11.5 Å². The van der Waals surface area contributed by atoms with Crippen LogP contribution in [0, 0.1) is 6.92 Å². The summed E-state index contributed by atoms with van der Waals surface area (Å²) in [7, 11) is 1.76. The van der Waals surface area contributed by atoms with Gasteiger partial charge in [0.25, 0.3) is 11.8 Å². The Balaban J connectivity index is 0.939. The van der Waals surface area contributed by atoms with Crippen molar-refractivity contribution in [2.45, 2.75) is 38.6 Å². The molecule has 12 heteroatoms. The maximum atomic E-state index is 13.0. The first-order chi connectivity index (χ1) is 22.8. The van der Waals surface area contributed by atoms with E-state index in [0.717, 1.165) is 63.5 Å². The van der Waals surface area contributed by atoms with Gasteiger partial charge in [-0.25, -0.2) is 0 Å². The fraction of sp³-hybridized carbons (Fsp3) is 0.429. The normalized spacial score (nSPS) is 17.5. The Hall–Kier alpha value is -4.68. The standard InChI is InChI=1S/C35H42N6O6/c1-24-19-29-30(36-22-27-5-3-11-41(27)35(29)44)21-32(24)47-15-4-6-33(42)37-26-20-31(39(2)23-26)34(43)38-25-7-9-28(10-8-25)46-18-14-40-12-16-45-17-13-40/h7-10,19-23,27H,3-6,11-18H2,1-2H3,(H,37,42)(H,38,43)/t27-/m0/s1. The highest BCUT2D eigenvalue weighted by Gasteiger charge is 2.32. The van der Waals surface area contributed by atoms with E-state index in [0.29, 0.717) is 53.7 Å². The van der Waals surface area contributed by atoms with Crippen LogP contribution in [-0.2, 0) is 16.6 Å². The predicted molar refractivity (Wildman–Crippen MR) is 179 cm³/mol. The van der Waals surface area contributed by atoms with E-state index >= 15 is 0 Å². The maximum absolute atomic E-state index is 13.0. The molecule has 3 aliphatic heterocycles. The summed E-state index contributed by atoms with van der Waals surface area (Å²) in [5.41, 5.74) is 3.67. The number of morpholine rings is 1. The molecule has 3 aromatic rings. The first-order valence-electron chi connectivity index (χ1n) is 16.3. The molecule has 2 N–H and O–H groups in total. The Morgan fingerprint density at radius 2 is 1.81 bits per heavy atom. The number of aliphatic imine (C=N–C) groups is 1. The van der Waals surface area contributed by atoms with E-state index in [1.807, 2.05) is 42.3 Å². The predicted octanol–water partition coefficient (Wildman–Crippen LogP) is 4.42. The van der Waals surface area contributed by atoms with Crippen molar-refractivity contribution in [3.05, 3.63) is 65.5 Å². The van der Waals surface area contributed by atoms with E-state index in [9.17, 15) is 14.4 Å². The Labute approximate surface area is 274 Å². The van der Waals surface area contributed by atoms with Crippen molar-refractivity contribution in [1.82, 2.24) is 14.4 Å². The Kier molecular flexibility index (Phi) is 10.2. The summed E-state index contributed by atoms with van der Waals surface area (Å²) in [6, 6.07) is 12.6. The monoisotopic (exact) mass is 642 g/mol. The molecule has 4 heterocycles. The number of carbonyl (C=O) groups is 3. The lowest BCUT2D eigenvalue weighted by Gasteiger charge is -2.26. The van der Waals surface area contributed by atoms with Gasteiger partial charge in [0.05, 0.1) is 42.8 Å². The maximum Gasteiger partial charge on any atom is 0.272 e. The molecule has 0 saturated carbocycles. The smallest absolute Gasteiger partial charge is 0.272 e. The second-order valence-corrected chi connectivity index (χ2v) is 12.1. The molecule has 0 spiro atoms. The Bertz CT molecular complexity index is 1630. The molecule has 2 aromatic carbocycles. The van der Waals surface area contributed by atoms with Crippen LogP contribution in [0.4, 0.5) is 17.1 Å². The third kappa shape index (κ3) is 8.01. The number of nitrogens with one attached hydrogen (secondary N) is 2. The third-order valence-electron chi connectivity index (χ3n) is 8.69. The van der Waals surface area contributed by atoms with Crippen molar-refractivity contribution in [2.24, 2.45) is 12.0 Å². The van der Waals surface area contributed by atoms with Crippen LogP contribution < -0.4 is 20.1 Å². The van der Waals surface area contributed by atoms with Crippen molar-refractivity contribution < 1.29 is 28.6 Å². The molecule has 2 saturated heterocycles. The molecule has 6 rings (SSSR count). The molecule has 12 nitrogen and oxygen atoms in total. The van der Waals surface area contributed by atoms with Gasteiger partial charge in [-0.1, -0.05) is 0 Å². The second-order valence-electron chi connectivity index (χ2n) is 12.1. The Morgan fingerprint density at radius 3 is 2.62 bits per heavy atom. The molecule has 0 radical (unpaired) electrons. The summed E-state index contributed by atoms with van der Waals surface area (Å²) in [5, 5.41) is 5.77. The number of amides is 3. The van der Waals surface area contributed by atoms with Crippen LogP contribution in [0.25, 0.3) is 0 Å². The fourth-order valence-corrected chi connectivity index (χ4v) is 6.08. The molecule has 0 aliphatic carbocycles. The largest absolute Gasteiger partial charge is 0.493 e. The van der Waals surface area contributed by atoms with Crippen LogP contribution >= 0.6 is 0 Å². The molecule has 248 valence electrons. The van der Waals surface area contributed by atoms with Gasteiger partial charge in [-0.2, -0.15) is 0 Å². The average Bonchev–Trinajstić information content (AvgIpc) is 3.67. The van der Waals surface area contributed by atoms with Gasteiger partial charge < -0.3 is 34.3 Å². The van der Waals surface area contributed by atoms with Gasteiger partial charge >= 0.3 is 0 Å². The third-order valence-corrected chi connectivity index (χ3v) is 8.69. The summed E-state index contributed by atoms with van der Waals surface area (Å²) >= 11 is 0. The number of nitrogens with zero attached hydrogens (tertiary/aromatic N) is 4. The van der Waals surface area contributed by atoms with Gasteiger partial charge in [0.2, 0.25) is 5.91 Å². The zero-order valence-electron chi connectivity index (χ0n) is 27.0. The number of hydrogen-bond donors (Lipinski definition) is 2. The highest BCUT2D eigenvalue weighted by Crippen LogP contribution is 2.34. The molecule has 47 heavy (non-hydrogen) atoms. The van der Waals surface area contributed by atoms with Crippen LogP contribution in [0.3, 0.4) is 0 Å². The molecular formula is C35H42N6O6. The zero-order chi connectivity index (χ0) is 32.8. The molecule has 2 fully saturated rings. The number of fused-ring (bicyclic) bond motifs is 2. The van der Waals surface area contributed by atoms with E-state index in [1.54, 1.807) is 36.0 Å². The topological polar surface area (TPSA) is 127 Å². The van der Waals surface area contributed by atoms with Crippen molar-refractivity contribution in [1.29, 1.82) is 0 Å². The van der Waals surface area contributed by atoms with E-state index in [-0.39, 0.29) is 30.2 Å². The van der Waals surface area contributed by atoms with Crippen molar-refractivity contribution in [3.63, 3.8) is 0 Å². The van der Waals surface area contributed by atoms with Crippen LogP contribution in [0.15, 0.2) is 53.7 Å². The molecule has 1 atom stereocenters. The number of anilines is 2. The van der Waals surface area contributed by atoms with E-state index in [2.05, 4.69) is 20.5 Å². The summed E-state index contributed by atoms with van der Waals surface area (Å²) in [5.74, 6) is 0.947. The highest BCUT2D eigenvalue weighted by atomic mass is 16.5. The minimum Gasteiger partial charge on any atom is -0.493 e. The number of aryl methyl sites for hydroxylation is 2. The van der Waals surface area contributed by atoms with Gasteiger partial charge in [-0.3, -0.25) is 24.3 Å². The lowest BCUT2D eigenvalue weighted by molar-refractivity contribution is -0.116. The molecule has 0 bridgehead atoms. The van der Waals surface area contributed by atoms with Crippen molar-refractivity contribution in [2.75, 3.05) is 63.2 Å². The average molecular weight is 643 g/mol. The number of benzene rings is 2. The van der Waals surface area contributed by atoms with Gasteiger partial charge in [0, 0.05) is 63.8 Å². The van der Waals surface area contributed by atoms with E-state index in [4.69, 9.17) is 14.2 Å². The summed E-state index contributed by atoms with van der Waals surface area (Å²) in [6.07, 6.45) is 6.24. The van der Waals surface area contributed by atoms with Crippen molar-refractivity contribution >= 4 is 41.0 Å². The summed E-state index contributed by atoms with van der Waals surface area (Å²) in [6.45, 7) is 7.80. The minimum atomic E-state index is -0.287. The number of aromatic nitrogens is 1.